The molecule has 0 aliphatic rings. The fourth-order valence-corrected chi connectivity index (χ4v) is 1.52. The summed E-state index contributed by atoms with van der Waals surface area (Å²) in [5, 5.41) is 4.54. The van der Waals surface area contributed by atoms with Gasteiger partial charge < -0.3 is 4.74 Å². The van der Waals surface area contributed by atoms with Gasteiger partial charge in [-0.05, 0) is 13.8 Å². The fraction of sp³-hybridized carbons (Fsp3) is 0.300. The summed E-state index contributed by atoms with van der Waals surface area (Å²) in [4.78, 5) is 7.90. The molecule has 0 amide bonds. The van der Waals surface area contributed by atoms with Crippen molar-refractivity contribution in [2.24, 2.45) is 7.05 Å². The molecule has 2 aromatic rings. The summed E-state index contributed by atoms with van der Waals surface area (Å²) < 4.78 is 7.35. The molecule has 0 bridgehead atoms. The zero-order valence-corrected chi connectivity index (χ0v) is 9.99. The number of nitrogens with zero attached hydrogens (tertiary/aromatic N) is 4. The molecule has 16 heavy (non-hydrogen) atoms. The summed E-state index contributed by atoms with van der Waals surface area (Å²) >= 11 is 5.72. The van der Waals surface area contributed by atoms with Crippen LogP contribution in [-0.4, -0.2) is 19.7 Å². The van der Waals surface area contributed by atoms with E-state index in [-0.39, 0.29) is 0 Å². The highest BCUT2D eigenvalue weighted by Gasteiger charge is 2.12. The Labute approximate surface area is 98.0 Å². The SMILES string of the molecule is Cc1nn(C)c(C)c1Oc1cncc(Cl)n1. The average molecular weight is 239 g/mol. The van der Waals surface area contributed by atoms with Gasteiger partial charge in [0.15, 0.2) is 10.9 Å². The van der Waals surface area contributed by atoms with Crippen LogP contribution in [0.15, 0.2) is 12.4 Å². The van der Waals surface area contributed by atoms with E-state index >= 15 is 0 Å². The Morgan fingerprint density at radius 2 is 2.06 bits per heavy atom. The summed E-state index contributed by atoms with van der Waals surface area (Å²) in [5.41, 5.74) is 1.74. The standard InChI is InChI=1S/C10H11ClN4O/c1-6-10(7(2)15(3)14-6)16-9-5-12-4-8(11)13-9/h4-5H,1-3H3. The molecule has 84 valence electrons. The summed E-state index contributed by atoms with van der Waals surface area (Å²) in [6.07, 6.45) is 2.97. The highest BCUT2D eigenvalue weighted by atomic mass is 35.5. The van der Waals surface area contributed by atoms with Crippen molar-refractivity contribution in [3.05, 3.63) is 28.9 Å². The quantitative estimate of drug-likeness (QED) is 0.806. The third-order valence-corrected chi connectivity index (χ3v) is 2.41. The van der Waals surface area contributed by atoms with Crippen molar-refractivity contribution in [3.8, 4) is 11.6 Å². The normalized spacial score (nSPS) is 10.5. The van der Waals surface area contributed by atoms with Crippen molar-refractivity contribution in [1.82, 2.24) is 19.7 Å². The summed E-state index contributed by atoms with van der Waals surface area (Å²) in [7, 11) is 1.86. The first-order valence-electron chi connectivity index (χ1n) is 4.73. The maximum atomic E-state index is 5.72. The molecular weight excluding hydrogens is 228 g/mol. The van der Waals surface area contributed by atoms with E-state index in [1.165, 1.54) is 12.4 Å². The monoisotopic (exact) mass is 238 g/mol. The van der Waals surface area contributed by atoms with Gasteiger partial charge >= 0.3 is 0 Å². The van der Waals surface area contributed by atoms with E-state index in [4.69, 9.17) is 16.3 Å². The van der Waals surface area contributed by atoms with Crippen LogP contribution in [0.1, 0.15) is 11.4 Å². The van der Waals surface area contributed by atoms with Crippen LogP contribution < -0.4 is 4.74 Å². The smallest absolute Gasteiger partial charge is 0.239 e. The van der Waals surface area contributed by atoms with E-state index in [0.717, 1.165) is 11.4 Å². The van der Waals surface area contributed by atoms with Crippen molar-refractivity contribution in [2.45, 2.75) is 13.8 Å². The maximum absolute atomic E-state index is 5.72. The van der Waals surface area contributed by atoms with Crippen LogP contribution in [0.3, 0.4) is 0 Å². The first kappa shape index (κ1) is 10.9. The highest BCUT2D eigenvalue weighted by molar-refractivity contribution is 6.29. The van der Waals surface area contributed by atoms with Gasteiger partial charge in [0.2, 0.25) is 5.88 Å². The van der Waals surface area contributed by atoms with E-state index in [9.17, 15) is 0 Å². The number of hydrogen-bond acceptors (Lipinski definition) is 4. The van der Waals surface area contributed by atoms with E-state index in [1.54, 1.807) is 4.68 Å². The van der Waals surface area contributed by atoms with Crippen LogP contribution in [0.2, 0.25) is 5.15 Å². The lowest BCUT2D eigenvalue weighted by Gasteiger charge is -2.04. The van der Waals surface area contributed by atoms with Crippen LogP contribution in [0.5, 0.6) is 11.6 Å². The molecule has 0 aliphatic carbocycles. The zero-order valence-electron chi connectivity index (χ0n) is 9.23. The van der Waals surface area contributed by atoms with Gasteiger partial charge in [-0.2, -0.15) is 10.1 Å². The van der Waals surface area contributed by atoms with E-state index in [2.05, 4.69) is 15.1 Å². The first-order valence-corrected chi connectivity index (χ1v) is 5.11. The Kier molecular flexibility index (Phi) is 2.78. The number of rotatable bonds is 2. The molecule has 0 N–H and O–H groups in total. The molecule has 2 aromatic heterocycles. The topological polar surface area (TPSA) is 52.8 Å². The number of aryl methyl sites for hydroxylation is 2. The summed E-state index contributed by atoms with van der Waals surface area (Å²) in [6.45, 7) is 3.80. The van der Waals surface area contributed by atoms with Crippen molar-refractivity contribution in [3.63, 3.8) is 0 Å². The zero-order chi connectivity index (χ0) is 11.7. The Balaban J connectivity index is 2.34. The van der Waals surface area contributed by atoms with Crippen molar-refractivity contribution in [1.29, 1.82) is 0 Å². The van der Waals surface area contributed by atoms with Crippen LogP contribution in [0.4, 0.5) is 0 Å². The molecular formula is C10H11ClN4O. The Morgan fingerprint density at radius 3 is 2.62 bits per heavy atom. The lowest BCUT2D eigenvalue weighted by Crippen LogP contribution is -1.94. The van der Waals surface area contributed by atoms with Gasteiger partial charge in [-0.15, -0.1) is 0 Å². The Bertz CT molecular complexity index is 524. The molecule has 0 aliphatic heterocycles. The third-order valence-electron chi connectivity index (χ3n) is 2.23. The minimum atomic E-state index is 0.302. The molecule has 0 saturated heterocycles. The molecule has 6 heteroatoms. The number of halogens is 1. The van der Waals surface area contributed by atoms with E-state index < -0.39 is 0 Å². The predicted octanol–water partition coefficient (Wildman–Crippen LogP) is 2.27. The molecule has 0 aromatic carbocycles. The van der Waals surface area contributed by atoms with Gasteiger partial charge in [-0.1, -0.05) is 11.6 Å². The van der Waals surface area contributed by atoms with Gasteiger partial charge in [-0.3, -0.25) is 9.67 Å². The maximum Gasteiger partial charge on any atom is 0.239 e. The minimum absolute atomic E-state index is 0.302. The largest absolute Gasteiger partial charge is 0.434 e. The molecule has 0 atom stereocenters. The van der Waals surface area contributed by atoms with Gasteiger partial charge in [0.1, 0.15) is 5.69 Å². The fourth-order valence-electron chi connectivity index (χ4n) is 1.38. The van der Waals surface area contributed by atoms with Gasteiger partial charge in [0, 0.05) is 7.05 Å². The molecule has 0 saturated carbocycles. The predicted molar refractivity (Wildman–Crippen MR) is 59.8 cm³/mol. The third kappa shape index (κ3) is 1.99. The van der Waals surface area contributed by atoms with Crippen LogP contribution in [0.25, 0.3) is 0 Å². The van der Waals surface area contributed by atoms with Gasteiger partial charge in [0.05, 0.1) is 18.1 Å². The van der Waals surface area contributed by atoms with Crippen LogP contribution in [-0.2, 0) is 7.05 Å². The summed E-state index contributed by atoms with van der Waals surface area (Å²) in [5.74, 6) is 1.06. The summed E-state index contributed by atoms with van der Waals surface area (Å²) in [6, 6.07) is 0. The molecule has 2 rings (SSSR count). The van der Waals surface area contributed by atoms with Gasteiger partial charge in [0.25, 0.3) is 0 Å². The Hall–Kier alpha value is -1.62. The first-order chi connectivity index (χ1) is 7.58. The molecule has 0 radical (unpaired) electrons. The van der Waals surface area contributed by atoms with E-state index in [0.29, 0.717) is 16.8 Å². The minimum Gasteiger partial charge on any atom is -0.434 e. The molecule has 0 spiro atoms. The average Bonchev–Trinajstić information content (AvgIpc) is 2.45. The highest BCUT2D eigenvalue weighted by Crippen LogP contribution is 2.26. The van der Waals surface area contributed by atoms with Crippen LogP contribution >= 0.6 is 11.6 Å². The van der Waals surface area contributed by atoms with Crippen molar-refractivity contribution >= 4 is 11.6 Å². The Morgan fingerprint density at radius 1 is 1.31 bits per heavy atom. The van der Waals surface area contributed by atoms with Crippen molar-refractivity contribution in [2.75, 3.05) is 0 Å². The molecule has 0 unspecified atom stereocenters. The second-order valence-corrected chi connectivity index (χ2v) is 3.79. The molecule has 0 fully saturated rings. The lowest BCUT2D eigenvalue weighted by atomic mass is 10.3. The number of hydrogen-bond donors (Lipinski definition) is 0. The molecule has 2 heterocycles. The van der Waals surface area contributed by atoms with E-state index in [1.807, 2.05) is 20.9 Å². The lowest BCUT2D eigenvalue weighted by molar-refractivity contribution is 0.452. The number of aromatic nitrogens is 4. The molecule has 5 nitrogen and oxygen atoms in total. The van der Waals surface area contributed by atoms with Crippen LogP contribution in [0, 0.1) is 13.8 Å². The second kappa shape index (κ2) is 4.09. The van der Waals surface area contributed by atoms with Crippen molar-refractivity contribution < 1.29 is 4.74 Å². The number of ether oxygens (including phenoxy) is 1. The van der Waals surface area contributed by atoms with Gasteiger partial charge in [-0.25, -0.2) is 0 Å². The second-order valence-electron chi connectivity index (χ2n) is 3.41.